The van der Waals surface area contributed by atoms with E-state index in [9.17, 15) is 28.1 Å². The fraction of sp³-hybridized carbons (Fsp3) is 0.323. The number of nitrogens with zero attached hydrogens (tertiary/aromatic N) is 4. The third-order valence-electron chi connectivity index (χ3n) is 7.62. The number of aliphatic imine (C=N–C) groups is 1. The van der Waals surface area contributed by atoms with Crippen molar-refractivity contribution in [2.24, 2.45) is 4.99 Å². The lowest BCUT2D eigenvalue weighted by Gasteiger charge is -2.38. The lowest BCUT2D eigenvalue weighted by Crippen LogP contribution is -2.50. The molecular formula is C31H31F3N4O5. The molecule has 2 aliphatic rings. The van der Waals surface area contributed by atoms with Gasteiger partial charge in [0.25, 0.3) is 11.6 Å². The minimum absolute atomic E-state index is 0.0294. The van der Waals surface area contributed by atoms with Crippen molar-refractivity contribution in [3.05, 3.63) is 112 Å². The first kappa shape index (κ1) is 31.4. The van der Waals surface area contributed by atoms with E-state index in [0.717, 1.165) is 61.4 Å². The van der Waals surface area contributed by atoms with Gasteiger partial charge in [-0.3, -0.25) is 19.8 Å². The molecule has 5 rings (SSSR count). The largest absolute Gasteiger partial charge is 0.490 e. The molecule has 0 atom stereocenters. The van der Waals surface area contributed by atoms with Crippen molar-refractivity contribution in [2.75, 3.05) is 19.6 Å². The van der Waals surface area contributed by atoms with Gasteiger partial charge in [0, 0.05) is 37.8 Å². The number of halogens is 3. The van der Waals surface area contributed by atoms with Gasteiger partial charge in [-0.15, -0.1) is 0 Å². The molecule has 2 heterocycles. The van der Waals surface area contributed by atoms with E-state index >= 15 is 0 Å². The number of piperidine rings is 1. The van der Waals surface area contributed by atoms with Gasteiger partial charge in [-0.2, -0.15) is 13.2 Å². The highest BCUT2D eigenvalue weighted by molar-refractivity contribution is 6.10. The molecule has 43 heavy (non-hydrogen) atoms. The number of non-ortho nitro benzene ring substituents is 1. The molecule has 0 bridgehead atoms. The number of carbonyl (C=O) groups excluding carboxylic acids is 1. The molecule has 12 heteroatoms. The van der Waals surface area contributed by atoms with Gasteiger partial charge in [0.2, 0.25) is 0 Å². The lowest BCUT2D eigenvalue weighted by molar-refractivity contribution is -0.384. The topological polar surface area (TPSA) is 116 Å². The van der Waals surface area contributed by atoms with Gasteiger partial charge in [0.05, 0.1) is 4.92 Å². The molecule has 9 nitrogen and oxygen atoms in total. The highest BCUT2D eigenvalue weighted by Gasteiger charge is 2.51. The molecule has 0 unspecified atom stereocenters. The Morgan fingerprint density at radius 3 is 1.91 bits per heavy atom. The zero-order chi connectivity index (χ0) is 31.2. The van der Waals surface area contributed by atoms with Crippen LogP contribution in [0.4, 0.5) is 18.9 Å². The summed E-state index contributed by atoms with van der Waals surface area (Å²) in [5.74, 6) is -1.95. The summed E-state index contributed by atoms with van der Waals surface area (Å²) in [5, 5.41) is 18.0. The second-order valence-corrected chi connectivity index (χ2v) is 10.3. The van der Waals surface area contributed by atoms with Gasteiger partial charge in [-0.05, 0) is 42.9 Å². The minimum atomic E-state index is -5.08. The number of likely N-dealkylation sites (tertiary alicyclic amines) is 1. The SMILES string of the molecule is CC1=NC(c2ccccc2)(c2ccccc2)C(=O)N1C1CCN(CCc2ccc([N+](=O)[O-])cc2)CC1.O=C(O)C(F)(F)F. The molecule has 0 aromatic heterocycles. The van der Waals surface area contributed by atoms with Crippen LogP contribution in [0.3, 0.4) is 0 Å². The Morgan fingerprint density at radius 2 is 1.47 bits per heavy atom. The monoisotopic (exact) mass is 596 g/mol. The first-order chi connectivity index (χ1) is 20.4. The quantitative estimate of drug-likeness (QED) is 0.287. The molecule has 1 fully saturated rings. The van der Waals surface area contributed by atoms with Crippen molar-refractivity contribution < 1.29 is 32.8 Å². The third-order valence-corrected chi connectivity index (χ3v) is 7.62. The maximum Gasteiger partial charge on any atom is 0.490 e. The number of carbonyl (C=O) groups is 2. The number of rotatable bonds is 7. The molecule has 1 amide bonds. The number of amides is 1. The summed E-state index contributed by atoms with van der Waals surface area (Å²) in [6.07, 6.45) is -2.46. The number of hydrogen-bond donors (Lipinski definition) is 1. The van der Waals surface area contributed by atoms with Crippen LogP contribution in [0, 0.1) is 10.1 Å². The summed E-state index contributed by atoms with van der Waals surface area (Å²) in [6, 6.07) is 26.7. The van der Waals surface area contributed by atoms with E-state index in [2.05, 4.69) is 4.90 Å². The van der Waals surface area contributed by atoms with Crippen LogP contribution in [0.15, 0.2) is 89.9 Å². The zero-order valence-electron chi connectivity index (χ0n) is 23.4. The number of nitro benzene ring substituents is 1. The zero-order valence-corrected chi connectivity index (χ0v) is 23.4. The Morgan fingerprint density at radius 1 is 0.977 bits per heavy atom. The number of carboxylic acid groups (broad SMARTS) is 1. The van der Waals surface area contributed by atoms with Crippen LogP contribution in [-0.4, -0.2) is 69.4 Å². The van der Waals surface area contributed by atoms with E-state index in [4.69, 9.17) is 14.9 Å². The summed E-state index contributed by atoms with van der Waals surface area (Å²) in [6.45, 7) is 4.65. The van der Waals surface area contributed by atoms with Crippen LogP contribution >= 0.6 is 0 Å². The first-order valence-corrected chi connectivity index (χ1v) is 13.7. The smallest absolute Gasteiger partial charge is 0.475 e. The van der Waals surface area contributed by atoms with E-state index < -0.39 is 17.7 Å². The number of nitro groups is 1. The molecule has 0 spiro atoms. The summed E-state index contributed by atoms with van der Waals surface area (Å²) in [4.78, 5) is 42.9. The summed E-state index contributed by atoms with van der Waals surface area (Å²) >= 11 is 0. The van der Waals surface area contributed by atoms with E-state index in [1.54, 1.807) is 12.1 Å². The van der Waals surface area contributed by atoms with E-state index in [0.29, 0.717) is 0 Å². The fourth-order valence-corrected chi connectivity index (χ4v) is 5.47. The molecule has 0 radical (unpaired) electrons. The highest BCUT2D eigenvalue weighted by Crippen LogP contribution is 2.41. The Labute approximate surface area is 246 Å². The molecule has 2 aliphatic heterocycles. The summed E-state index contributed by atoms with van der Waals surface area (Å²) in [7, 11) is 0. The molecule has 3 aromatic rings. The Balaban J connectivity index is 0.000000541. The van der Waals surface area contributed by atoms with Crippen LogP contribution in [0.25, 0.3) is 0 Å². The van der Waals surface area contributed by atoms with E-state index in [1.807, 2.05) is 84.6 Å². The molecule has 0 saturated carbocycles. The number of amidine groups is 1. The Kier molecular flexibility index (Phi) is 9.59. The predicted octanol–water partition coefficient (Wildman–Crippen LogP) is 5.44. The number of benzene rings is 3. The second-order valence-electron chi connectivity index (χ2n) is 10.3. The van der Waals surface area contributed by atoms with Crippen molar-refractivity contribution >= 4 is 23.4 Å². The normalized spacial score (nSPS) is 17.2. The maximum absolute atomic E-state index is 14.2. The highest BCUT2D eigenvalue weighted by atomic mass is 19.4. The number of aliphatic carboxylic acids is 1. The van der Waals surface area contributed by atoms with Gasteiger partial charge in [0.1, 0.15) is 5.84 Å². The number of hydrogen-bond acceptors (Lipinski definition) is 6. The molecule has 1 N–H and O–H groups in total. The summed E-state index contributed by atoms with van der Waals surface area (Å²) < 4.78 is 31.7. The number of alkyl halides is 3. The van der Waals surface area contributed by atoms with Crippen molar-refractivity contribution in [1.29, 1.82) is 0 Å². The van der Waals surface area contributed by atoms with Crippen LogP contribution in [0.2, 0.25) is 0 Å². The number of carboxylic acids is 1. The van der Waals surface area contributed by atoms with Crippen molar-refractivity contribution in [1.82, 2.24) is 9.80 Å². The average molecular weight is 597 g/mol. The lowest BCUT2D eigenvalue weighted by atomic mass is 9.82. The average Bonchev–Trinajstić information content (AvgIpc) is 3.27. The Bertz CT molecular complexity index is 1420. The third kappa shape index (κ3) is 7.08. The molecule has 0 aliphatic carbocycles. The maximum atomic E-state index is 14.2. The van der Waals surface area contributed by atoms with E-state index in [1.165, 1.54) is 0 Å². The van der Waals surface area contributed by atoms with Crippen LogP contribution in [0.1, 0.15) is 36.5 Å². The Hall–Kier alpha value is -4.58. The first-order valence-electron chi connectivity index (χ1n) is 13.7. The van der Waals surface area contributed by atoms with Crippen molar-refractivity contribution in [2.45, 2.75) is 43.9 Å². The molecule has 226 valence electrons. The van der Waals surface area contributed by atoms with Gasteiger partial charge in [0.15, 0.2) is 5.54 Å². The van der Waals surface area contributed by atoms with Crippen molar-refractivity contribution in [3.8, 4) is 0 Å². The van der Waals surface area contributed by atoms with Gasteiger partial charge in [-0.1, -0.05) is 72.8 Å². The van der Waals surface area contributed by atoms with E-state index in [-0.39, 0.29) is 22.6 Å². The van der Waals surface area contributed by atoms with Crippen molar-refractivity contribution in [3.63, 3.8) is 0 Å². The predicted molar refractivity (Wildman–Crippen MR) is 154 cm³/mol. The van der Waals surface area contributed by atoms with Crippen LogP contribution < -0.4 is 0 Å². The summed E-state index contributed by atoms with van der Waals surface area (Å²) in [5.41, 5.74) is 1.96. The standard InChI is InChI=1S/C29H30N4O3.C2HF3O2/c1-22-30-29(24-8-4-2-5-9-24,25-10-6-3-7-11-25)28(34)32(22)26-17-20-31(21-18-26)19-16-23-12-14-27(15-13-23)33(35)36;3-2(4,5)1(6)7/h2-15,26H,16-21H2,1H3;(H,6,7). The molecule has 1 saturated heterocycles. The van der Waals surface area contributed by atoms with Crippen LogP contribution in [-0.2, 0) is 21.5 Å². The van der Waals surface area contributed by atoms with Gasteiger partial charge >= 0.3 is 12.1 Å². The van der Waals surface area contributed by atoms with Crippen LogP contribution in [0.5, 0.6) is 0 Å². The van der Waals surface area contributed by atoms with Gasteiger partial charge in [-0.25, -0.2) is 9.79 Å². The molecular weight excluding hydrogens is 565 g/mol. The fourth-order valence-electron chi connectivity index (χ4n) is 5.47. The second kappa shape index (κ2) is 13.2. The minimum Gasteiger partial charge on any atom is -0.475 e. The molecule has 3 aromatic carbocycles. The van der Waals surface area contributed by atoms with Gasteiger partial charge < -0.3 is 10.0 Å².